The molecule has 5 heteroatoms. The van der Waals surface area contributed by atoms with E-state index in [0.29, 0.717) is 19.5 Å². The number of carbonyl (C=O) groups excluding carboxylic acids is 2. The van der Waals surface area contributed by atoms with E-state index in [1.807, 2.05) is 31.2 Å². The summed E-state index contributed by atoms with van der Waals surface area (Å²) >= 11 is 0. The molecule has 1 fully saturated rings. The van der Waals surface area contributed by atoms with E-state index in [2.05, 4.69) is 5.32 Å². The predicted octanol–water partition coefficient (Wildman–Crippen LogP) is 1.25. The van der Waals surface area contributed by atoms with Gasteiger partial charge in [0.2, 0.25) is 5.91 Å². The molecule has 0 aromatic heterocycles. The van der Waals surface area contributed by atoms with Crippen molar-refractivity contribution in [3.63, 3.8) is 0 Å². The van der Waals surface area contributed by atoms with Gasteiger partial charge in [-0.05, 0) is 24.6 Å². The van der Waals surface area contributed by atoms with Crippen molar-refractivity contribution in [2.24, 2.45) is 0 Å². The maximum absolute atomic E-state index is 12.0. The van der Waals surface area contributed by atoms with Crippen LogP contribution in [0.4, 0.5) is 5.69 Å². The molecule has 1 N–H and O–H groups in total. The van der Waals surface area contributed by atoms with E-state index >= 15 is 0 Å². The molecule has 20 heavy (non-hydrogen) atoms. The van der Waals surface area contributed by atoms with Crippen molar-refractivity contribution in [1.82, 2.24) is 5.32 Å². The lowest BCUT2D eigenvalue weighted by Crippen LogP contribution is -2.50. The highest BCUT2D eigenvalue weighted by Crippen LogP contribution is 2.19. The van der Waals surface area contributed by atoms with Crippen LogP contribution < -0.4 is 10.2 Å². The second-order valence-corrected chi connectivity index (χ2v) is 4.93. The Morgan fingerprint density at radius 3 is 3.00 bits per heavy atom. The molecule has 0 radical (unpaired) electrons. The molecule has 0 spiro atoms. The van der Waals surface area contributed by atoms with Gasteiger partial charge < -0.3 is 15.0 Å². The van der Waals surface area contributed by atoms with Crippen LogP contribution in [-0.2, 0) is 14.3 Å². The highest BCUT2D eigenvalue weighted by atomic mass is 16.5. The minimum absolute atomic E-state index is 0.00685. The van der Waals surface area contributed by atoms with Crippen molar-refractivity contribution in [1.29, 1.82) is 0 Å². The van der Waals surface area contributed by atoms with Gasteiger partial charge in [0.1, 0.15) is 6.61 Å². The average molecular weight is 276 g/mol. The van der Waals surface area contributed by atoms with Crippen LogP contribution in [0.3, 0.4) is 0 Å². The van der Waals surface area contributed by atoms with Crippen LogP contribution in [0.5, 0.6) is 0 Å². The third kappa shape index (κ3) is 3.57. The number of benzene rings is 1. The number of nitrogens with zero attached hydrogens (tertiary/aromatic N) is 1. The van der Waals surface area contributed by atoms with Crippen molar-refractivity contribution in [3.05, 3.63) is 29.8 Å². The molecule has 1 unspecified atom stereocenters. The number of carbonyl (C=O) groups is 2. The first-order chi connectivity index (χ1) is 9.60. The lowest BCUT2D eigenvalue weighted by molar-refractivity contribution is -0.129. The van der Waals surface area contributed by atoms with E-state index in [9.17, 15) is 9.59 Å². The van der Waals surface area contributed by atoms with Gasteiger partial charge in [0.25, 0.3) is 5.91 Å². The highest BCUT2D eigenvalue weighted by Gasteiger charge is 2.27. The summed E-state index contributed by atoms with van der Waals surface area (Å²) in [5, 5.41) is 2.80. The largest absolute Gasteiger partial charge is 0.365 e. The fourth-order valence-corrected chi connectivity index (χ4v) is 2.15. The van der Waals surface area contributed by atoms with E-state index in [0.717, 1.165) is 11.3 Å². The van der Waals surface area contributed by atoms with Crippen LogP contribution in [0.1, 0.15) is 18.9 Å². The van der Waals surface area contributed by atoms with Gasteiger partial charge in [-0.15, -0.1) is 0 Å². The number of morpholine rings is 1. The van der Waals surface area contributed by atoms with Gasteiger partial charge in [-0.1, -0.05) is 19.1 Å². The minimum atomic E-state index is -0.163. The third-order valence-electron chi connectivity index (χ3n) is 3.29. The van der Waals surface area contributed by atoms with E-state index in [1.54, 1.807) is 11.8 Å². The van der Waals surface area contributed by atoms with E-state index < -0.39 is 0 Å². The van der Waals surface area contributed by atoms with Crippen molar-refractivity contribution in [2.75, 3.05) is 24.6 Å². The van der Waals surface area contributed by atoms with Crippen LogP contribution in [-0.4, -0.2) is 37.6 Å². The van der Waals surface area contributed by atoms with Crippen molar-refractivity contribution in [3.8, 4) is 0 Å². The van der Waals surface area contributed by atoms with E-state index in [-0.39, 0.29) is 24.5 Å². The topological polar surface area (TPSA) is 58.6 Å². The Kier molecular flexibility index (Phi) is 4.74. The van der Waals surface area contributed by atoms with Gasteiger partial charge in [0.05, 0.1) is 12.6 Å². The molecule has 0 bridgehead atoms. The zero-order valence-electron chi connectivity index (χ0n) is 11.9. The molecule has 0 saturated carbocycles. The molecular formula is C15H20N2O3. The van der Waals surface area contributed by atoms with Crippen LogP contribution in [0.2, 0.25) is 0 Å². The molecule has 1 aliphatic rings. The molecule has 2 rings (SSSR count). The molecule has 0 aliphatic carbocycles. The molecule has 108 valence electrons. The van der Waals surface area contributed by atoms with E-state index in [1.165, 1.54) is 0 Å². The zero-order valence-corrected chi connectivity index (χ0v) is 11.9. The fraction of sp³-hybridized carbons (Fsp3) is 0.467. The van der Waals surface area contributed by atoms with Crippen molar-refractivity contribution < 1.29 is 14.3 Å². The monoisotopic (exact) mass is 276 g/mol. The van der Waals surface area contributed by atoms with Crippen molar-refractivity contribution in [2.45, 2.75) is 26.4 Å². The average Bonchev–Trinajstić information content (AvgIpc) is 2.46. The predicted molar refractivity (Wildman–Crippen MR) is 76.6 cm³/mol. The van der Waals surface area contributed by atoms with Gasteiger partial charge in [0.15, 0.2) is 0 Å². The first-order valence-corrected chi connectivity index (χ1v) is 6.85. The van der Waals surface area contributed by atoms with Crippen LogP contribution in [0.15, 0.2) is 24.3 Å². The number of nitrogens with one attached hydrogen (secondary N) is 1. The number of amides is 2. The van der Waals surface area contributed by atoms with Gasteiger partial charge >= 0.3 is 0 Å². The standard InChI is InChI=1S/C15H20N2O3/c1-3-14(18)16-8-13-9-17(15(19)10-20-13)12-6-4-5-11(2)7-12/h4-7,13H,3,8-10H2,1-2H3,(H,16,18). The van der Waals surface area contributed by atoms with Crippen LogP contribution in [0, 0.1) is 6.92 Å². The summed E-state index contributed by atoms with van der Waals surface area (Å²) in [4.78, 5) is 24.9. The Bertz CT molecular complexity index is 502. The molecule has 1 aliphatic heterocycles. The molecule has 5 nitrogen and oxygen atoms in total. The third-order valence-corrected chi connectivity index (χ3v) is 3.29. The van der Waals surface area contributed by atoms with Crippen LogP contribution in [0.25, 0.3) is 0 Å². The molecule has 2 amide bonds. The number of rotatable bonds is 4. The summed E-state index contributed by atoms with van der Waals surface area (Å²) in [6, 6.07) is 7.82. The number of aryl methyl sites for hydroxylation is 1. The minimum Gasteiger partial charge on any atom is -0.365 e. The van der Waals surface area contributed by atoms with Crippen molar-refractivity contribution >= 4 is 17.5 Å². The Morgan fingerprint density at radius 1 is 1.50 bits per heavy atom. The summed E-state index contributed by atoms with van der Waals surface area (Å²) in [6.45, 7) is 4.75. The lowest BCUT2D eigenvalue weighted by Gasteiger charge is -2.33. The lowest BCUT2D eigenvalue weighted by atomic mass is 10.1. The SMILES string of the molecule is CCC(=O)NCC1CN(c2cccc(C)c2)C(=O)CO1. The second kappa shape index (κ2) is 6.52. The van der Waals surface area contributed by atoms with Crippen LogP contribution >= 0.6 is 0 Å². The summed E-state index contributed by atoms with van der Waals surface area (Å²) < 4.78 is 5.46. The zero-order chi connectivity index (χ0) is 14.5. The highest BCUT2D eigenvalue weighted by molar-refractivity contribution is 5.95. The first kappa shape index (κ1) is 14.5. The molecule has 1 saturated heterocycles. The summed E-state index contributed by atoms with van der Waals surface area (Å²) in [6.07, 6.45) is 0.288. The maximum Gasteiger partial charge on any atom is 0.253 e. The maximum atomic E-state index is 12.0. The smallest absolute Gasteiger partial charge is 0.253 e. The number of hydrogen-bond donors (Lipinski definition) is 1. The summed E-state index contributed by atoms with van der Waals surface area (Å²) in [5.41, 5.74) is 1.99. The second-order valence-electron chi connectivity index (χ2n) is 4.93. The molecule has 1 aromatic rings. The normalized spacial score (nSPS) is 19.0. The van der Waals surface area contributed by atoms with Gasteiger partial charge in [0, 0.05) is 18.7 Å². The van der Waals surface area contributed by atoms with E-state index in [4.69, 9.17) is 4.74 Å². The molecule has 1 heterocycles. The van der Waals surface area contributed by atoms with Gasteiger partial charge in [-0.2, -0.15) is 0 Å². The number of ether oxygens (including phenoxy) is 1. The quantitative estimate of drug-likeness (QED) is 0.900. The fourth-order valence-electron chi connectivity index (χ4n) is 2.15. The Morgan fingerprint density at radius 2 is 2.30 bits per heavy atom. The number of anilines is 1. The molecule has 1 atom stereocenters. The Labute approximate surface area is 118 Å². The first-order valence-electron chi connectivity index (χ1n) is 6.85. The molecular weight excluding hydrogens is 256 g/mol. The Hall–Kier alpha value is -1.88. The molecule has 1 aromatic carbocycles. The van der Waals surface area contributed by atoms with Gasteiger partial charge in [-0.25, -0.2) is 0 Å². The Balaban J connectivity index is 2.01. The summed E-state index contributed by atoms with van der Waals surface area (Å²) in [7, 11) is 0. The number of hydrogen-bond acceptors (Lipinski definition) is 3. The van der Waals surface area contributed by atoms with Gasteiger partial charge in [-0.3, -0.25) is 9.59 Å². The summed E-state index contributed by atoms with van der Waals surface area (Å²) in [5.74, 6) is -0.0544.